The van der Waals surface area contributed by atoms with Gasteiger partial charge in [0.1, 0.15) is 11.9 Å². The van der Waals surface area contributed by atoms with E-state index in [0.29, 0.717) is 18.7 Å². The molecule has 2 aromatic rings. The Hall–Kier alpha value is -2.62. The van der Waals surface area contributed by atoms with E-state index in [0.717, 1.165) is 45.5 Å². The van der Waals surface area contributed by atoms with Crippen molar-refractivity contribution in [3.63, 3.8) is 0 Å². The minimum atomic E-state index is -4.17. The van der Waals surface area contributed by atoms with Gasteiger partial charge in [0.05, 0.1) is 23.1 Å². The quantitative estimate of drug-likeness (QED) is 0.637. The van der Waals surface area contributed by atoms with Gasteiger partial charge >= 0.3 is 0 Å². The number of sulfonamides is 1. The third kappa shape index (κ3) is 4.26. The first-order valence-electron chi connectivity index (χ1n) is 10.1. The zero-order valence-electron chi connectivity index (χ0n) is 17.0. The number of benzene rings is 2. The Morgan fingerprint density at radius 3 is 2.39 bits per heavy atom. The van der Waals surface area contributed by atoms with E-state index in [-0.39, 0.29) is 24.0 Å². The van der Waals surface area contributed by atoms with Gasteiger partial charge in [-0.15, -0.1) is 0 Å². The third-order valence-corrected chi connectivity index (χ3v) is 7.48. The van der Waals surface area contributed by atoms with Crippen LogP contribution in [0.3, 0.4) is 0 Å². The van der Waals surface area contributed by atoms with Crippen molar-refractivity contribution in [2.24, 2.45) is 0 Å². The van der Waals surface area contributed by atoms with Gasteiger partial charge in [0.15, 0.2) is 0 Å². The molecule has 0 saturated carbocycles. The van der Waals surface area contributed by atoms with Crippen molar-refractivity contribution in [2.45, 2.75) is 43.2 Å². The van der Waals surface area contributed by atoms with Crippen LogP contribution in [0.15, 0.2) is 53.4 Å². The Labute approximate surface area is 180 Å². The fourth-order valence-electron chi connectivity index (χ4n) is 3.93. The van der Waals surface area contributed by atoms with Crippen LogP contribution < -0.4 is 4.90 Å². The number of carbonyl (C=O) groups is 2. The second-order valence-electron chi connectivity index (χ2n) is 7.79. The lowest BCUT2D eigenvalue weighted by Crippen LogP contribution is -2.48. The lowest BCUT2D eigenvalue weighted by molar-refractivity contribution is -0.122. The Balaban J connectivity index is 1.69. The predicted molar refractivity (Wildman–Crippen MR) is 111 cm³/mol. The number of nitrogens with zero attached hydrogens (tertiary/aromatic N) is 2. The van der Waals surface area contributed by atoms with Gasteiger partial charge in [-0.05, 0) is 56.2 Å². The topological polar surface area (TPSA) is 84.0 Å². The summed E-state index contributed by atoms with van der Waals surface area (Å²) in [6, 6.07) is 10.1. The summed E-state index contributed by atoms with van der Waals surface area (Å²) in [4.78, 5) is 26.9. The average molecular weight is 447 g/mol. The second-order valence-corrected chi connectivity index (χ2v) is 9.68. The van der Waals surface area contributed by atoms with E-state index in [1.54, 1.807) is 24.3 Å². The van der Waals surface area contributed by atoms with Gasteiger partial charge < -0.3 is 4.74 Å². The number of aryl methyl sites for hydroxylation is 1. The van der Waals surface area contributed by atoms with E-state index in [9.17, 15) is 22.4 Å². The van der Waals surface area contributed by atoms with Crippen LogP contribution in [-0.2, 0) is 24.3 Å². The molecule has 0 radical (unpaired) electrons. The van der Waals surface area contributed by atoms with Crippen molar-refractivity contribution >= 4 is 27.5 Å². The molecule has 2 aliphatic heterocycles. The SMILES string of the molecule is Cc1ccc(N2C(=O)CC(N(CC3CCCO3)S(=O)(=O)c3ccc(F)cc3)C2=O)cc1. The molecule has 164 valence electrons. The molecular formula is C22H23FN2O5S. The number of halogens is 1. The molecule has 0 aliphatic carbocycles. The molecule has 2 amide bonds. The highest BCUT2D eigenvalue weighted by Gasteiger charge is 2.47. The normalized spacial score (nSPS) is 22.0. The molecule has 2 heterocycles. The minimum absolute atomic E-state index is 0.0505. The molecule has 0 N–H and O–H groups in total. The van der Waals surface area contributed by atoms with Crippen molar-refractivity contribution in [3.05, 3.63) is 59.9 Å². The van der Waals surface area contributed by atoms with Crippen LogP contribution in [0.4, 0.5) is 10.1 Å². The fraction of sp³-hybridized carbons (Fsp3) is 0.364. The molecule has 2 aliphatic rings. The predicted octanol–water partition coefficient (Wildman–Crippen LogP) is 2.64. The number of imide groups is 1. The summed E-state index contributed by atoms with van der Waals surface area (Å²) >= 11 is 0. The number of carbonyl (C=O) groups excluding carboxylic acids is 2. The van der Waals surface area contributed by atoms with Crippen molar-refractivity contribution in [2.75, 3.05) is 18.1 Å². The van der Waals surface area contributed by atoms with Gasteiger partial charge in [-0.25, -0.2) is 17.7 Å². The molecule has 2 unspecified atom stereocenters. The highest BCUT2D eigenvalue weighted by molar-refractivity contribution is 7.89. The Kier molecular flexibility index (Phi) is 5.92. The van der Waals surface area contributed by atoms with Gasteiger partial charge in [0.25, 0.3) is 5.91 Å². The molecule has 2 fully saturated rings. The monoisotopic (exact) mass is 446 g/mol. The maximum Gasteiger partial charge on any atom is 0.252 e. The average Bonchev–Trinajstić information content (AvgIpc) is 3.35. The van der Waals surface area contributed by atoms with E-state index in [1.807, 2.05) is 6.92 Å². The maximum absolute atomic E-state index is 13.4. The number of rotatable bonds is 6. The van der Waals surface area contributed by atoms with Gasteiger partial charge in [0.2, 0.25) is 15.9 Å². The molecule has 4 rings (SSSR count). The number of anilines is 1. The largest absolute Gasteiger partial charge is 0.377 e. The minimum Gasteiger partial charge on any atom is -0.377 e. The smallest absolute Gasteiger partial charge is 0.252 e. The summed E-state index contributed by atoms with van der Waals surface area (Å²) in [5, 5.41) is 0. The maximum atomic E-state index is 13.4. The molecule has 31 heavy (non-hydrogen) atoms. The number of hydrogen-bond donors (Lipinski definition) is 0. The molecule has 2 atom stereocenters. The van der Waals surface area contributed by atoms with E-state index in [1.165, 1.54) is 0 Å². The van der Waals surface area contributed by atoms with E-state index in [2.05, 4.69) is 0 Å². The van der Waals surface area contributed by atoms with E-state index in [4.69, 9.17) is 4.74 Å². The highest BCUT2D eigenvalue weighted by atomic mass is 32.2. The first kappa shape index (κ1) is 21.6. The molecular weight excluding hydrogens is 423 g/mol. The Morgan fingerprint density at radius 1 is 1.10 bits per heavy atom. The van der Waals surface area contributed by atoms with Crippen molar-refractivity contribution in [3.8, 4) is 0 Å². The summed E-state index contributed by atoms with van der Waals surface area (Å²) in [6.45, 7) is 2.35. The standard InChI is InChI=1S/C22H23FN2O5S/c1-15-4-8-17(9-5-15)25-21(26)13-20(22(25)27)24(14-18-3-2-12-30-18)31(28,29)19-10-6-16(23)7-11-19/h4-11,18,20H,2-3,12-14H2,1H3. The zero-order valence-corrected chi connectivity index (χ0v) is 17.8. The van der Waals surface area contributed by atoms with Gasteiger partial charge in [-0.3, -0.25) is 9.59 Å². The number of amides is 2. The first-order chi connectivity index (χ1) is 14.8. The van der Waals surface area contributed by atoms with Crippen molar-refractivity contribution < 1.29 is 27.1 Å². The van der Waals surface area contributed by atoms with Crippen LogP contribution in [0.25, 0.3) is 0 Å². The third-order valence-electron chi connectivity index (χ3n) is 5.59. The lowest BCUT2D eigenvalue weighted by atomic mass is 10.2. The summed E-state index contributed by atoms with van der Waals surface area (Å²) in [5.41, 5.74) is 1.37. The lowest BCUT2D eigenvalue weighted by Gasteiger charge is -2.29. The number of ether oxygens (including phenoxy) is 1. The Morgan fingerprint density at radius 2 is 1.77 bits per heavy atom. The van der Waals surface area contributed by atoms with Gasteiger partial charge in [-0.1, -0.05) is 17.7 Å². The molecule has 9 heteroatoms. The van der Waals surface area contributed by atoms with Crippen LogP contribution in [0.5, 0.6) is 0 Å². The van der Waals surface area contributed by atoms with Gasteiger partial charge in [0, 0.05) is 13.2 Å². The molecule has 0 aromatic heterocycles. The number of hydrogen-bond acceptors (Lipinski definition) is 5. The molecule has 0 bridgehead atoms. The molecule has 2 aromatic carbocycles. The molecule has 7 nitrogen and oxygen atoms in total. The van der Waals surface area contributed by atoms with Gasteiger partial charge in [-0.2, -0.15) is 4.31 Å². The van der Waals surface area contributed by atoms with Crippen LogP contribution in [0, 0.1) is 12.7 Å². The zero-order chi connectivity index (χ0) is 22.2. The first-order valence-corrected chi connectivity index (χ1v) is 11.5. The van der Waals surface area contributed by atoms with Crippen LogP contribution >= 0.6 is 0 Å². The summed E-state index contributed by atoms with van der Waals surface area (Å²) in [6.07, 6.45) is 0.820. The van der Waals surface area contributed by atoms with Crippen molar-refractivity contribution in [1.29, 1.82) is 0 Å². The summed E-state index contributed by atoms with van der Waals surface area (Å²) < 4.78 is 46.9. The van der Waals surface area contributed by atoms with Crippen LogP contribution in [0.1, 0.15) is 24.8 Å². The highest BCUT2D eigenvalue weighted by Crippen LogP contribution is 2.31. The van der Waals surface area contributed by atoms with Crippen molar-refractivity contribution in [1.82, 2.24) is 4.31 Å². The van der Waals surface area contributed by atoms with Crippen LogP contribution in [-0.4, -0.2) is 49.8 Å². The molecule has 2 saturated heterocycles. The van der Waals surface area contributed by atoms with Crippen LogP contribution in [0.2, 0.25) is 0 Å². The van der Waals surface area contributed by atoms with E-state index < -0.39 is 33.7 Å². The second kappa shape index (κ2) is 8.49. The van der Waals surface area contributed by atoms with E-state index >= 15 is 0 Å². The fourth-order valence-corrected chi connectivity index (χ4v) is 5.54. The Bertz CT molecular complexity index is 1080. The molecule has 0 spiro atoms. The summed E-state index contributed by atoms with van der Waals surface area (Å²) in [7, 11) is -4.17. The summed E-state index contributed by atoms with van der Waals surface area (Å²) in [5.74, 6) is -1.63.